The summed E-state index contributed by atoms with van der Waals surface area (Å²) in [5.74, 6) is -0.561. The number of nitrogens with zero attached hydrogens (tertiary/aromatic N) is 1. The molecule has 1 N–H and O–H groups in total. The molecule has 1 aliphatic rings. The lowest BCUT2D eigenvalue weighted by atomic mass is 10.1. The van der Waals surface area contributed by atoms with E-state index in [4.69, 9.17) is 0 Å². The van der Waals surface area contributed by atoms with Crippen LogP contribution in [0.15, 0.2) is 29.2 Å². The number of aliphatic carboxylic acids is 1. The molecular weight excluding hydrogens is 346 g/mol. The van der Waals surface area contributed by atoms with E-state index in [1.807, 2.05) is 0 Å². The molecule has 1 aliphatic heterocycles. The molecular formula is C17H21NO4S2. The van der Waals surface area contributed by atoms with Gasteiger partial charge in [-0.1, -0.05) is 37.7 Å². The maximum absolute atomic E-state index is 13.1. The number of carboxylic acid groups (broad SMARTS) is 1. The molecule has 1 fully saturated rings. The number of carbonyl (C=O) groups excluding carboxylic acids is 2. The first-order valence-electron chi connectivity index (χ1n) is 7.75. The first-order valence-corrected chi connectivity index (χ1v) is 9.62. The Kier molecular flexibility index (Phi) is 6.34. The molecule has 0 aliphatic carbocycles. The minimum absolute atomic E-state index is 0.112. The summed E-state index contributed by atoms with van der Waals surface area (Å²) in [4.78, 5) is 38.1. The average molecular weight is 367 g/mol. The Bertz CT molecular complexity index is 647. The molecule has 2 atom stereocenters. The zero-order chi connectivity index (χ0) is 17.9. The number of amides is 1. The van der Waals surface area contributed by atoms with Gasteiger partial charge in [-0.15, -0.1) is 11.8 Å². The Balaban J connectivity index is 2.36. The molecule has 24 heavy (non-hydrogen) atoms. The third-order valence-electron chi connectivity index (χ3n) is 3.66. The van der Waals surface area contributed by atoms with Gasteiger partial charge < -0.3 is 10.0 Å². The van der Waals surface area contributed by atoms with E-state index in [1.54, 1.807) is 24.3 Å². The lowest BCUT2D eigenvalue weighted by Crippen LogP contribution is -2.46. The minimum Gasteiger partial charge on any atom is -0.480 e. The van der Waals surface area contributed by atoms with Gasteiger partial charge in [-0.3, -0.25) is 9.59 Å². The van der Waals surface area contributed by atoms with Crippen LogP contribution in [0.4, 0.5) is 0 Å². The highest BCUT2D eigenvalue weighted by Crippen LogP contribution is 2.36. The van der Waals surface area contributed by atoms with E-state index in [-0.39, 0.29) is 16.4 Å². The third-order valence-corrected chi connectivity index (χ3v) is 5.83. The standard InChI is InChI=1S/C17H21NO4S2/c1-10(2)8-15-18(13(9-23-15)17(21)22)16(20)12-6-4-5-7-14(12)24-11(3)19/h4-7,10,13,15H,8-9H2,1-3H3,(H,21,22)/t13-,15+/m0/s1. The van der Waals surface area contributed by atoms with Gasteiger partial charge in [0.15, 0.2) is 5.12 Å². The largest absolute Gasteiger partial charge is 0.480 e. The van der Waals surface area contributed by atoms with Gasteiger partial charge in [0.2, 0.25) is 0 Å². The fourth-order valence-corrected chi connectivity index (χ4v) is 4.99. The molecule has 2 rings (SSSR count). The van der Waals surface area contributed by atoms with Crippen LogP contribution in [-0.2, 0) is 9.59 Å². The second kappa shape index (κ2) is 8.07. The van der Waals surface area contributed by atoms with Gasteiger partial charge in [-0.2, -0.15) is 0 Å². The molecule has 1 amide bonds. The van der Waals surface area contributed by atoms with Crippen LogP contribution >= 0.6 is 23.5 Å². The van der Waals surface area contributed by atoms with Crippen molar-refractivity contribution in [1.29, 1.82) is 0 Å². The van der Waals surface area contributed by atoms with Gasteiger partial charge >= 0.3 is 5.97 Å². The number of carboxylic acids is 1. The summed E-state index contributed by atoms with van der Waals surface area (Å²) in [6.07, 6.45) is 0.738. The molecule has 0 spiro atoms. The number of carbonyl (C=O) groups is 3. The van der Waals surface area contributed by atoms with Gasteiger partial charge in [0, 0.05) is 17.6 Å². The predicted octanol–water partition coefficient (Wildman–Crippen LogP) is 3.34. The summed E-state index contributed by atoms with van der Waals surface area (Å²) < 4.78 is 0. The van der Waals surface area contributed by atoms with E-state index in [9.17, 15) is 19.5 Å². The number of hydrogen-bond acceptors (Lipinski definition) is 5. The van der Waals surface area contributed by atoms with Crippen molar-refractivity contribution >= 4 is 40.5 Å². The fraction of sp³-hybridized carbons (Fsp3) is 0.471. The molecule has 0 unspecified atom stereocenters. The second-order valence-corrected chi connectivity index (χ2v) is 8.50. The van der Waals surface area contributed by atoms with Crippen molar-refractivity contribution in [2.75, 3.05) is 5.75 Å². The Morgan fingerprint density at radius 3 is 2.58 bits per heavy atom. The molecule has 0 saturated carbocycles. The summed E-state index contributed by atoms with van der Waals surface area (Å²) in [5.41, 5.74) is 0.389. The molecule has 0 bridgehead atoms. The van der Waals surface area contributed by atoms with E-state index in [0.29, 0.717) is 22.1 Å². The minimum atomic E-state index is -0.987. The van der Waals surface area contributed by atoms with E-state index < -0.39 is 12.0 Å². The third kappa shape index (κ3) is 4.33. The Morgan fingerprint density at radius 1 is 1.33 bits per heavy atom. The lowest BCUT2D eigenvalue weighted by molar-refractivity contribution is -0.141. The summed E-state index contributed by atoms with van der Waals surface area (Å²) in [6.45, 7) is 5.55. The topological polar surface area (TPSA) is 74.7 Å². The smallest absolute Gasteiger partial charge is 0.327 e. The van der Waals surface area contributed by atoms with Crippen molar-refractivity contribution < 1.29 is 19.5 Å². The van der Waals surface area contributed by atoms with Gasteiger partial charge in [0.05, 0.1) is 10.9 Å². The SMILES string of the molecule is CC(=O)Sc1ccccc1C(=O)N1[C@@H](CC(C)C)SC[C@H]1C(=O)O. The Hall–Kier alpha value is -1.47. The average Bonchev–Trinajstić information content (AvgIpc) is 2.89. The number of hydrogen-bond donors (Lipinski definition) is 1. The number of benzene rings is 1. The van der Waals surface area contributed by atoms with Gasteiger partial charge in [-0.05, 0) is 24.5 Å². The van der Waals surface area contributed by atoms with E-state index in [0.717, 1.165) is 18.2 Å². The summed E-state index contributed by atoms with van der Waals surface area (Å²) in [6, 6.07) is 6.04. The quantitative estimate of drug-likeness (QED) is 0.805. The molecule has 1 aromatic rings. The monoisotopic (exact) mass is 367 g/mol. The van der Waals surface area contributed by atoms with Crippen LogP contribution in [0.2, 0.25) is 0 Å². The molecule has 1 aromatic carbocycles. The van der Waals surface area contributed by atoms with Crippen LogP contribution in [0, 0.1) is 5.92 Å². The highest BCUT2D eigenvalue weighted by molar-refractivity contribution is 8.13. The van der Waals surface area contributed by atoms with E-state index in [1.165, 1.54) is 23.6 Å². The van der Waals surface area contributed by atoms with Crippen LogP contribution in [0.5, 0.6) is 0 Å². The predicted molar refractivity (Wildman–Crippen MR) is 96.3 cm³/mol. The van der Waals surface area contributed by atoms with Crippen molar-refractivity contribution in [1.82, 2.24) is 4.90 Å². The van der Waals surface area contributed by atoms with Crippen LogP contribution in [-0.4, -0.2) is 44.2 Å². The zero-order valence-corrected chi connectivity index (χ0v) is 15.5. The fourth-order valence-electron chi connectivity index (χ4n) is 2.64. The van der Waals surface area contributed by atoms with Crippen molar-refractivity contribution in [2.24, 2.45) is 5.92 Å². The maximum Gasteiger partial charge on any atom is 0.327 e. The first-order chi connectivity index (χ1) is 11.3. The van der Waals surface area contributed by atoms with Gasteiger partial charge in [0.1, 0.15) is 6.04 Å². The van der Waals surface area contributed by atoms with Crippen LogP contribution in [0.25, 0.3) is 0 Å². The van der Waals surface area contributed by atoms with Gasteiger partial charge in [0.25, 0.3) is 5.91 Å². The lowest BCUT2D eigenvalue weighted by Gasteiger charge is -2.29. The highest BCUT2D eigenvalue weighted by Gasteiger charge is 2.42. The number of rotatable bonds is 5. The second-order valence-electron chi connectivity index (χ2n) is 6.07. The van der Waals surface area contributed by atoms with Crippen LogP contribution in [0.1, 0.15) is 37.6 Å². The van der Waals surface area contributed by atoms with Crippen LogP contribution in [0.3, 0.4) is 0 Å². The van der Waals surface area contributed by atoms with Crippen molar-refractivity contribution in [3.63, 3.8) is 0 Å². The summed E-state index contributed by atoms with van der Waals surface area (Å²) >= 11 is 2.50. The van der Waals surface area contributed by atoms with E-state index in [2.05, 4.69) is 13.8 Å². The van der Waals surface area contributed by atoms with E-state index >= 15 is 0 Å². The summed E-state index contributed by atoms with van der Waals surface area (Å²) in [5, 5.41) is 9.21. The van der Waals surface area contributed by atoms with Crippen molar-refractivity contribution in [2.45, 2.75) is 43.5 Å². The first kappa shape index (κ1) is 18.9. The molecule has 130 valence electrons. The Morgan fingerprint density at radius 2 is 2.00 bits per heavy atom. The van der Waals surface area contributed by atoms with Crippen molar-refractivity contribution in [3.05, 3.63) is 29.8 Å². The molecule has 7 heteroatoms. The normalized spacial score (nSPS) is 20.4. The molecule has 0 radical (unpaired) electrons. The van der Waals surface area contributed by atoms with Crippen LogP contribution < -0.4 is 0 Å². The molecule has 5 nitrogen and oxygen atoms in total. The molecule has 1 saturated heterocycles. The molecule has 1 heterocycles. The number of thioether (sulfide) groups is 2. The van der Waals surface area contributed by atoms with Gasteiger partial charge in [-0.25, -0.2) is 4.79 Å². The maximum atomic E-state index is 13.1. The Labute approximate surface area is 150 Å². The zero-order valence-electron chi connectivity index (χ0n) is 13.9. The highest BCUT2D eigenvalue weighted by atomic mass is 32.2. The summed E-state index contributed by atoms with van der Waals surface area (Å²) in [7, 11) is 0. The van der Waals surface area contributed by atoms with Crippen molar-refractivity contribution in [3.8, 4) is 0 Å². The molecule has 0 aromatic heterocycles.